The Bertz CT molecular complexity index is 653. The van der Waals surface area contributed by atoms with Gasteiger partial charge in [0.15, 0.2) is 5.11 Å². The molecule has 1 aliphatic heterocycles. The van der Waals surface area contributed by atoms with Crippen LogP contribution in [-0.4, -0.2) is 34.7 Å². The van der Waals surface area contributed by atoms with Gasteiger partial charge in [-0.25, -0.2) is 0 Å². The van der Waals surface area contributed by atoms with Crippen LogP contribution in [0.3, 0.4) is 0 Å². The molecule has 0 saturated carbocycles. The second kappa shape index (κ2) is 6.56. The van der Waals surface area contributed by atoms with Gasteiger partial charge in [-0.3, -0.25) is 4.79 Å². The Morgan fingerprint density at radius 1 is 1.46 bits per heavy atom. The topological polar surface area (TPSA) is 70.6 Å². The summed E-state index contributed by atoms with van der Waals surface area (Å²) in [7, 11) is 0. The van der Waals surface area contributed by atoms with Gasteiger partial charge in [0.1, 0.15) is 5.92 Å². The number of halogens is 3. The summed E-state index contributed by atoms with van der Waals surface area (Å²) in [4.78, 5) is 12.2. The second-order valence-corrected chi connectivity index (χ2v) is 5.89. The minimum absolute atomic E-state index is 0.117. The molecule has 0 spiro atoms. The van der Waals surface area contributed by atoms with Crippen molar-refractivity contribution in [2.45, 2.75) is 31.8 Å². The minimum atomic E-state index is -5.14. The van der Waals surface area contributed by atoms with Crippen molar-refractivity contribution < 1.29 is 27.8 Å². The number of rotatable bonds is 3. The normalized spacial score (nSPS) is 27.2. The zero-order chi connectivity index (χ0) is 18.1. The average molecular weight is 362 g/mol. The number of esters is 1. The third-order valence-corrected chi connectivity index (χ3v) is 3.97. The van der Waals surface area contributed by atoms with E-state index in [0.29, 0.717) is 5.56 Å². The number of hydrogen-bond acceptors (Lipinski definition) is 4. The first-order valence-corrected chi connectivity index (χ1v) is 7.62. The van der Waals surface area contributed by atoms with Crippen molar-refractivity contribution in [3.63, 3.8) is 0 Å². The molecule has 1 fully saturated rings. The molecule has 0 unspecified atom stereocenters. The molecule has 0 radical (unpaired) electrons. The molecule has 3 N–H and O–H groups in total. The lowest BCUT2D eigenvalue weighted by molar-refractivity contribution is -0.292. The number of carbonyl (C=O) groups is 1. The van der Waals surface area contributed by atoms with E-state index in [-0.39, 0.29) is 6.61 Å². The molecule has 1 heterocycles. The number of nitrogens with one attached hydrogen (secondary N) is 2. The summed E-state index contributed by atoms with van der Waals surface area (Å²) in [6.07, 6.45) is -5.14. The number of thiocarbonyl (C=S) groups is 1. The zero-order valence-corrected chi connectivity index (χ0v) is 13.8. The average Bonchev–Trinajstić information content (AvgIpc) is 2.45. The first kappa shape index (κ1) is 18.5. The molecule has 132 valence electrons. The molecule has 1 aliphatic rings. The number of benzene rings is 1. The predicted molar refractivity (Wildman–Crippen MR) is 83.9 cm³/mol. The van der Waals surface area contributed by atoms with Gasteiger partial charge in [0.2, 0.25) is 0 Å². The van der Waals surface area contributed by atoms with Gasteiger partial charge in [-0.15, -0.1) is 0 Å². The second-order valence-electron chi connectivity index (χ2n) is 5.48. The number of aryl methyl sites for hydroxylation is 1. The summed E-state index contributed by atoms with van der Waals surface area (Å²) in [5, 5.41) is 14.3. The van der Waals surface area contributed by atoms with Crippen LogP contribution in [-0.2, 0) is 9.53 Å². The maximum Gasteiger partial charge on any atom is 0.437 e. The molecule has 1 saturated heterocycles. The van der Waals surface area contributed by atoms with Crippen LogP contribution in [0.15, 0.2) is 24.3 Å². The van der Waals surface area contributed by atoms with Gasteiger partial charge in [-0.2, -0.15) is 13.2 Å². The van der Waals surface area contributed by atoms with Crippen LogP contribution in [0.4, 0.5) is 13.2 Å². The van der Waals surface area contributed by atoms with Crippen LogP contribution >= 0.6 is 12.2 Å². The third-order valence-electron chi connectivity index (χ3n) is 3.75. The fraction of sp³-hybridized carbons (Fsp3) is 0.467. The Labute approximate surface area is 142 Å². The lowest BCUT2D eigenvalue weighted by atomic mass is 9.82. The number of hydrogen-bond donors (Lipinski definition) is 3. The summed E-state index contributed by atoms with van der Waals surface area (Å²) in [6.45, 7) is 3.12. The molecule has 0 amide bonds. The van der Waals surface area contributed by atoms with Crippen molar-refractivity contribution in [2.24, 2.45) is 5.92 Å². The largest absolute Gasteiger partial charge is 0.466 e. The van der Waals surface area contributed by atoms with Gasteiger partial charge in [-0.1, -0.05) is 29.8 Å². The molecule has 2 rings (SSSR count). The lowest BCUT2D eigenvalue weighted by Gasteiger charge is -2.45. The highest BCUT2D eigenvalue weighted by molar-refractivity contribution is 7.80. The highest BCUT2D eigenvalue weighted by Crippen LogP contribution is 2.43. The van der Waals surface area contributed by atoms with Crippen molar-refractivity contribution in [2.75, 3.05) is 6.61 Å². The Hall–Kier alpha value is -1.87. The van der Waals surface area contributed by atoms with Gasteiger partial charge in [0.05, 0.1) is 12.6 Å². The molecule has 1 aromatic carbocycles. The summed E-state index contributed by atoms with van der Waals surface area (Å²) < 4.78 is 45.3. The molecule has 0 aromatic heterocycles. The van der Waals surface area contributed by atoms with Crippen LogP contribution < -0.4 is 10.6 Å². The van der Waals surface area contributed by atoms with Crippen LogP contribution in [0.2, 0.25) is 0 Å². The Morgan fingerprint density at radius 2 is 2.12 bits per heavy atom. The lowest BCUT2D eigenvalue weighted by Crippen LogP contribution is -2.73. The smallest absolute Gasteiger partial charge is 0.437 e. The molecule has 24 heavy (non-hydrogen) atoms. The summed E-state index contributed by atoms with van der Waals surface area (Å²) in [5.41, 5.74) is -2.35. The molecule has 5 nitrogen and oxygen atoms in total. The first-order chi connectivity index (χ1) is 11.1. The Kier molecular flexibility index (Phi) is 5.05. The van der Waals surface area contributed by atoms with Crippen LogP contribution in [0.5, 0.6) is 0 Å². The fourth-order valence-corrected chi connectivity index (χ4v) is 2.96. The molecule has 9 heteroatoms. The standard InChI is InChI=1S/C15H17F3N2O3S/c1-3-23-12(21)10-11(9-6-4-5-8(2)7-9)19-13(24)20-14(10,22)15(16,17)18/h4-7,10-11,22H,3H2,1-2H3,(H2,19,20,24)/t10-,11-,14+/m0/s1. The van der Waals surface area contributed by atoms with E-state index in [0.717, 1.165) is 5.56 Å². The van der Waals surface area contributed by atoms with E-state index < -0.39 is 34.9 Å². The summed E-state index contributed by atoms with van der Waals surface area (Å²) in [5.74, 6) is -3.14. The molecular weight excluding hydrogens is 345 g/mol. The Balaban J connectivity index is 2.57. The highest BCUT2D eigenvalue weighted by atomic mass is 32.1. The van der Waals surface area contributed by atoms with Crippen LogP contribution in [0.1, 0.15) is 24.1 Å². The van der Waals surface area contributed by atoms with Crippen LogP contribution in [0.25, 0.3) is 0 Å². The Morgan fingerprint density at radius 3 is 2.67 bits per heavy atom. The quantitative estimate of drug-likeness (QED) is 0.564. The monoisotopic (exact) mass is 362 g/mol. The summed E-state index contributed by atoms with van der Waals surface area (Å²) in [6, 6.07) is 5.39. The number of aliphatic hydroxyl groups is 1. The summed E-state index contributed by atoms with van der Waals surface area (Å²) >= 11 is 4.80. The van der Waals surface area contributed by atoms with Gasteiger partial charge in [0, 0.05) is 0 Å². The van der Waals surface area contributed by atoms with Crippen molar-refractivity contribution in [1.82, 2.24) is 10.6 Å². The van der Waals surface area contributed by atoms with Crippen molar-refractivity contribution in [3.8, 4) is 0 Å². The van der Waals surface area contributed by atoms with Gasteiger partial charge < -0.3 is 20.5 Å². The van der Waals surface area contributed by atoms with Crippen molar-refractivity contribution >= 4 is 23.3 Å². The van der Waals surface area contributed by atoms with E-state index in [1.165, 1.54) is 6.92 Å². The third kappa shape index (κ3) is 3.32. The fourth-order valence-electron chi connectivity index (χ4n) is 2.68. The van der Waals surface area contributed by atoms with Gasteiger partial charge in [0.25, 0.3) is 5.72 Å². The maximum absolute atomic E-state index is 13.5. The SMILES string of the molecule is CCOC(=O)[C@@H]1[C@H](c2cccc(C)c2)NC(=S)N[C@]1(O)C(F)(F)F. The van der Waals surface area contributed by atoms with E-state index in [4.69, 9.17) is 17.0 Å². The molecular formula is C15H17F3N2O3S. The zero-order valence-electron chi connectivity index (χ0n) is 13.0. The molecule has 3 atom stereocenters. The highest BCUT2D eigenvalue weighted by Gasteiger charge is 2.66. The minimum Gasteiger partial charge on any atom is -0.466 e. The van der Waals surface area contributed by atoms with E-state index in [1.807, 2.05) is 0 Å². The molecule has 1 aromatic rings. The van der Waals surface area contributed by atoms with Gasteiger partial charge >= 0.3 is 12.1 Å². The number of ether oxygens (including phenoxy) is 1. The number of carbonyl (C=O) groups excluding carboxylic acids is 1. The van der Waals surface area contributed by atoms with Crippen molar-refractivity contribution in [1.29, 1.82) is 0 Å². The van der Waals surface area contributed by atoms with E-state index in [1.54, 1.807) is 36.5 Å². The number of alkyl halides is 3. The van der Waals surface area contributed by atoms with Gasteiger partial charge in [-0.05, 0) is 31.6 Å². The molecule has 0 aliphatic carbocycles. The predicted octanol–water partition coefficient (Wildman–Crippen LogP) is 1.94. The van der Waals surface area contributed by atoms with Crippen molar-refractivity contribution in [3.05, 3.63) is 35.4 Å². The first-order valence-electron chi connectivity index (χ1n) is 7.21. The maximum atomic E-state index is 13.5. The molecule has 0 bridgehead atoms. The van der Waals surface area contributed by atoms with E-state index >= 15 is 0 Å². The van der Waals surface area contributed by atoms with E-state index in [2.05, 4.69) is 5.32 Å². The van der Waals surface area contributed by atoms with E-state index in [9.17, 15) is 23.1 Å². The van der Waals surface area contributed by atoms with Crippen LogP contribution in [0, 0.1) is 12.8 Å².